The van der Waals surface area contributed by atoms with Gasteiger partial charge in [0.2, 0.25) is 0 Å². The molecule has 0 amide bonds. The van der Waals surface area contributed by atoms with Crippen molar-refractivity contribution in [1.82, 2.24) is 4.98 Å². The minimum absolute atomic E-state index is 0.0772. The van der Waals surface area contributed by atoms with E-state index >= 15 is 0 Å². The first kappa shape index (κ1) is 11.4. The number of aromatic nitrogens is 1. The number of cyclic esters (lactones) is 1. The van der Waals surface area contributed by atoms with Crippen molar-refractivity contribution in [3.05, 3.63) is 11.1 Å². The molecule has 1 aliphatic heterocycles. The van der Waals surface area contributed by atoms with Gasteiger partial charge in [0, 0.05) is 11.8 Å². The van der Waals surface area contributed by atoms with Gasteiger partial charge in [-0.25, -0.2) is 4.98 Å². The van der Waals surface area contributed by atoms with E-state index in [2.05, 4.69) is 4.98 Å². The van der Waals surface area contributed by atoms with Gasteiger partial charge in [-0.1, -0.05) is 11.8 Å². The molecule has 7 heteroatoms. The first-order valence-corrected chi connectivity index (χ1v) is 6.40. The molecule has 16 heavy (non-hydrogen) atoms. The smallest absolute Gasteiger partial charge is 0.319 e. The number of hydrogen-bond acceptors (Lipinski definition) is 6. The molecule has 1 atom stereocenters. The summed E-state index contributed by atoms with van der Waals surface area (Å²) in [5, 5.41) is 10.1. The summed E-state index contributed by atoms with van der Waals surface area (Å²) in [5.74, 6) is -1.11. The Balaban J connectivity index is 1.97. The highest BCUT2D eigenvalue weighted by Gasteiger charge is 2.28. The Labute approximate surface area is 99.8 Å². The van der Waals surface area contributed by atoms with Crippen molar-refractivity contribution < 1.29 is 19.4 Å². The molecule has 86 valence electrons. The number of ether oxygens (including phenoxy) is 1. The molecular formula is C9H9NO4S2. The number of carboxylic acid groups (broad SMARTS) is 1. The fourth-order valence-corrected chi connectivity index (χ4v) is 3.33. The highest BCUT2D eigenvalue weighted by molar-refractivity contribution is 8.02. The highest BCUT2D eigenvalue weighted by atomic mass is 32.2. The molecular weight excluding hydrogens is 250 g/mol. The quantitative estimate of drug-likeness (QED) is 0.818. The Morgan fingerprint density at radius 2 is 2.56 bits per heavy atom. The van der Waals surface area contributed by atoms with Gasteiger partial charge < -0.3 is 9.84 Å². The van der Waals surface area contributed by atoms with Crippen LogP contribution in [0.5, 0.6) is 0 Å². The number of carboxylic acids is 1. The molecule has 0 aromatic carbocycles. The van der Waals surface area contributed by atoms with Crippen molar-refractivity contribution in [2.24, 2.45) is 0 Å². The van der Waals surface area contributed by atoms with Gasteiger partial charge in [0.05, 0.1) is 18.7 Å². The molecule has 0 radical (unpaired) electrons. The minimum Gasteiger partial charge on any atom is -0.481 e. The van der Waals surface area contributed by atoms with Crippen LogP contribution in [0.25, 0.3) is 0 Å². The number of aliphatic carboxylic acids is 1. The van der Waals surface area contributed by atoms with E-state index < -0.39 is 5.97 Å². The van der Waals surface area contributed by atoms with Crippen LogP contribution in [0.4, 0.5) is 0 Å². The first-order chi connectivity index (χ1) is 7.65. The molecule has 1 aromatic rings. The molecule has 1 N–H and O–H groups in total. The van der Waals surface area contributed by atoms with Crippen LogP contribution in [0.2, 0.25) is 0 Å². The molecule has 5 nitrogen and oxygen atoms in total. The summed E-state index contributed by atoms with van der Waals surface area (Å²) in [7, 11) is 0. The normalized spacial score (nSPS) is 19.8. The number of esters is 1. The predicted molar refractivity (Wildman–Crippen MR) is 58.7 cm³/mol. The monoisotopic (exact) mass is 259 g/mol. The van der Waals surface area contributed by atoms with Crippen LogP contribution in [-0.4, -0.2) is 33.9 Å². The van der Waals surface area contributed by atoms with Gasteiger partial charge in [-0.3, -0.25) is 9.59 Å². The van der Waals surface area contributed by atoms with Crippen molar-refractivity contribution in [3.63, 3.8) is 0 Å². The Kier molecular flexibility index (Phi) is 3.45. The number of carbonyl (C=O) groups excluding carboxylic acids is 1. The van der Waals surface area contributed by atoms with Gasteiger partial charge in [-0.05, 0) is 0 Å². The van der Waals surface area contributed by atoms with E-state index in [0.29, 0.717) is 18.7 Å². The molecule has 1 saturated heterocycles. The Hall–Kier alpha value is -1.08. The highest BCUT2D eigenvalue weighted by Crippen LogP contribution is 2.31. The average molecular weight is 259 g/mol. The lowest BCUT2D eigenvalue weighted by Crippen LogP contribution is -2.09. The van der Waals surface area contributed by atoms with Crippen LogP contribution in [0.15, 0.2) is 9.72 Å². The predicted octanol–water partition coefficient (Wildman–Crippen LogP) is 1.18. The van der Waals surface area contributed by atoms with E-state index in [1.165, 1.54) is 23.1 Å². The van der Waals surface area contributed by atoms with Crippen molar-refractivity contribution in [1.29, 1.82) is 0 Å². The van der Waals surface area contributed by atoms with Crippen LogP contribution in [0, 0.1) is 0 Å². The maximum absolute atomic E-state index is 11.2. The van der Waals surface area contributed by atoms with Crippen LogP contribution >= 0.6 is 23.1 Å². The summed E-state index contributed by atoms with van der Waals surface area (Å²) < 4.78 is 5.55. The SMILES string of the molecule is O=C(O)Cc1csc(SC2CCOC2=O)n1. The zero-order chi connectivity index (χ0) is 11.5. The van der Waals surface area contributed by atoms with Crippen LogP contribution < -0.4 is 0 Å². The Morgan fingerprint density at radius 3 is 3.19 bits per heavy atom. The van der Waals surface area contributed by atoms with Crippen LogP contribution in [-0.2, 0) is 20.7 Å². The van der Waals surface area contributed by atoms with Gasteiger partial charge >= 0.3 is 11.9 Å². The van der Waals surface area contributed by atoms with Gasteiger partial charge in [-0.15, -0.1) is 11.3 Å². The van der Waals surface area contributed by atoms with Gasteiger partial charge in [-0.2, -0.15) is 0 Å². The molecule has 1 aromatic heterocycles. The van der Waals surface area contributed by atoms with Crippen LogP contribution in [0.3, 0.4) is 0 Å². The summed E-state index contributed by atoms with van der Waals surface area (Å²) >= 11 is 2.71. The second kappa shape index (κ2) is 4.84. The standard InChI is InChI=1S/C9H9NO4S2/c11-7(12)3-5-4-15-9(10-5)16-6-1-2-14-8(6)13/h4,6H,1-3H2,(H,11,12). The molecule has 2 heterocycles. The zero-order valence-corrected chi connectivity index (χ0v) is 9.84. The lowest BCUT2D eigenvalue weighted by molar-refractivity contribution is -0.138. The number of rotatable bonds is 4. The van der Waals surface area contributed by atoms with Gasteiger partial charge in [0.1, 0.15) is 5.25 Å². The zero-order valence-electron chi connectivity index (χ0n) is 8.21. The van der Waals surface area contributed by atoms with E-state index in [-0.39, 0.29) is 17.6 Å². The minimum atomic E-state index is -0.901. The fraction of sp³-hybridized carbons (Fsp3) is 0.444. The fourth-order valence-electron chi connectivity index (χ4n) is 1.28. The van der Waals surface area contributed by atoms with E-state index in [1.807, 2.05) is 0 Å². The molecule has 1 aliphatic rings. The largest absolute Gasteiger partial charge is 0.481 e. The maximum Gasteiger partial charge on any atom is 0.319 e. The number of hydrogen-bond donors (Lipinski definition) is 1. The second-order valence-electron chi connectivity index (χ2n) is 3.24. The average Bonchev–Trinajstić information content (AvgIpc) is 2.77. The van der Waals surface area contributed by atoms with E-state index in [4.69, 9.17) is 9.84 Å². The summed E-state index contributed by atoms with van der Waals surface area (Å²) in [6.07, 6.45) is 0.615. The summed E-state index contributed by atoms with van der Waals surface area (Å²) in [4.78, 5) is 25.8. The lowest BCUT2D eigenvalue weighted by Gasteiger charge is -2.00. The van der Waals surface area contributed by atoms with Crippen molar-refractivity contribution in [2.75, 3.05) is 6.61 Å². The first-order valence-electron chi connectivity index (χ1n) is 4.64. The molecule has 0 bridgehead atoms. The van der Waals surface area contributed by atoms with Crippen molar-refractivity contribution in [2.45, 2.75) is 22.4 Å². The Morgan fingerprint density at radius 1 is 1.75 bits per heavy atom. The van der Waals surface area contributed by atoms with Gasteiger partial charge in [0.25, 0.3) is 0 Å². The van der Waals surface area contributed by atoms with E-state index in [9.17, 15) is 9.59 Å². The number of carbonyl (C=O) groups is 2. The van der Waals surface area contributed by atoms with E-state index in [0.717, 1.165) is 4.34 Å². The van der Waals surface area contributed by atoms with Crippen molar-refractivity contribution in [3.8, 4) is 0 Å². The molecule has 2 rings (SSSR count). The third-order valence-electron chi connectivity index (χ3n) is 1.99. The van der Waals surface area contributed by atoms with Crippen LogP contribution in [0.1, 0.15) is 12.1 Å². The molecule has 0 saturated carbocycles. The summed E-state index contributed by atoms with van der Waals surface area (Å²) in [6, 6.07) is 0. The number of thiazole rings is 1. The molecule has 1 unspecified atom stereocenters. The lowest BCUT2D eigenvalue weighted by atomic mass is 10.3. The number of nitrogens with zero attached hydrogens (tertiary/aromatic N) is 1. The van der Waals surface area contributed by atoms with E-state index in [1.54, 1.807) is 5.38 Å². The molecule has 0 spiro atoms. The summed E-state index contributed by atoms with van der Waals surface area (Å²) in [6.45, 7) is 0.462. The summed E-state index contributed by atoms with van der Waals surface area (Å²) in [5.41, 5.74) is 0.534. The third-order valence-corrected chi connectivity index (χ3v) is 4.26. The maximum atomic E-state index is 11.2. The third kappa shape index (κ3) is 2.73. The second-order valence-corrected chi connectivity index (χ2v) is 5.55. The molecule has 0 aliphatic carbocycles. The van der Waals surface area contributed by atoms with Gasteiger partial charge in [0.15, 0.2) is 4.34 Å². The molecule has 1 fully saturated rings. The Bertz CT molecular complexity index is 417. The van der Waals surface area contributed by atoms with Crippen molar-refractivity contribution >= 4 is 35.0 Å². The topological polar surface area (TPSA) is 76.5 Å². The number of thioether (sulfide) groups is 1.